The van der Waals surface area contributed by atoms with Gasteiger partial charge in [-0.25, -0.2) is 0 Å². The average Bonchev–Trinajstić information content (AvgIpc) is 2.28. The molecule has 0 fully saturated rings. The number of aliphatic hydroxyl groups excluding tert-OH is 2. The molecule has 1 amide bonds. The van der Waals surface area contributed by atoms with Gasteiger partial charge in [0.15, 0.2) is 0 Å². The molecule has 0 heterocycles. The third kappa shape index (κ3) is 3.84. The van der Waals surface area contributed by atoms with Gasteiger partial charge in [-0.3, -0.25) is 4.79 Å². The van der Waals surface area contributed by atoms with E-state index in [1.165, 1.54) is 4.90 Å². The first kappa shape index (κ1) is 13.7. The molecule has 0 radical (unpaired) electrons. The first-order chi connectivity index (χ1) is 8.06. The number of rotatable bonds is 5. The van der Waals surface area contributed by atoms with E-state index in [2.05, 4.69) is 0 Å². The summed E-state index contributed by atoms with van der Waals surface area (Å²) in [4.78, 5) is 13.7. The van der Waals surface area contributed by atoms with Crippen LogP contribution < -0.4 is 0 Å². The molecular weight excluding hydrogens is 218 g/mol. The summed E-state index contributed by atoms with van der Waals surface area (Å²) < 4.78 is 0. The summed E-state index contributed by atoms with van der Waals surface area (Å²) in [5.41, 5.74) is 1.51. The minimum Gasteiger partial charge on any atom is -0.395 e. The summed E-state index contributed by atoms with van der Waals surface area (Å²) in [6.07, 6.45) is -0.602. The Morgan fingerprint density at radius 2 is 2.06 bits per heavy atom. The van der Waals surface area contributed by atoms with Gasteiger partial charge in [-0.2, -0.15) is 0 Å². The van der Waals surface area contributed by atoms with Crippen LogP contribution in [0.5, 0.6) is 0 Å². The SMILES string of the molecule is Cc1ccccc1C(=O)N(CCO)CC(C)O. The third-order valence-electron chi connectivity index (χ3n) is 2.52. The Bertz CT molecular complexity index is 377. The molecule has 1 aromatic carbocycles. The van der Waals surface area contributed by atoms with Gasteiger partial charge in [0.1, 0.15) is 0 Å². The predicted molar refractivity (Wildman–Crippen MR) is 65.8 cm³/mol. The lowest BCUT2D eigenvalue weighted by atomic mass is 10.1. The summed E-state index contributed by atoms with van der Waals surface area (Å²) in [6.45, 7) is 3.85. The van der Waals surface area contributed by atoms with Crippen molar-refractivity contribution in [3.8, 4) is 0 Å². The molecule has 4 nitrogen and oxygen atoms in total. The fourth-order valence-electron chi connectivity index (χ4n) is 1.70. The lowest BCUT2D eigenvalue weighted by Crippen LogP contribution is -2.38. The van der Waals surface area contributed by atoms with Gasteiger partial charge in [-0.15, -0.1) is 0 Å². The smallest absolute Gasteiger partial charge is 0.254 e. The molecule has 0 saturated carbocycles. The number of aliphatic hydroxyl groups is 2. The van der Waals surface area contributed by atoms with Crippen molar-refractivity contribution in [2.24, 2.45) is 0 Å². The highest BCUT2D eigenvalue weighted by Crippen LogP contribution is 2.10. The Balaban J connectivity index is 2.88. The van der Waals surface area contributed by atoms with Gasteiger partial charge in [0.2, 0.25) is 0 Å². The van der Waals surface area contributed by atoms with E-state index < -0.39 is 6.10 Å². The van der Waals surface area contributed by atoms with Gasteiger partial charge in [0.25, 0.3) is 5.91 Å². The highest BCUT2D eigenvalue weighted by atomic mass is 16.3. The van der Waals surface area contributed by atoms with Gasteiger partial charge >= 0.3 is 0 Å². The molecule has 0 aliphatic rings. The average molecular weight is 237 g/mol. The van der Waals surface area contributed by atoms with Gasteiger partial charge < -0.3 is 15.1 Å². The summed E-state index contributed by atoms with van der Waals surface area (Å²) in [7, 11) is 0. The Morgan fingerprint density at radius 1 is 1.41 bits per heavy atom. The van der Waals surface area contributed by atoms with Crippen molar-refractivity contribution in [1.82, 2.24) is 4.90 Å². The highest BCUT2D eigenvalue weighted by molar-refractivity contribution is 5.95. The first-order valence-electron chi connectivity index (χ1n) is 5.70. The predicted octanol–water partition coefficient (Wildman–Crippen LogP) is 0.810. The maximum absolute atomic E-state index is 12.2. The van der Waals surface area contributed by atoms with Crippen LogP contribution in [0.1, 0.15) is 22.8 Å². The van der Waals surface area contributed by atoms with Crippen LogP contribution in [0.3, 0.4) is 0 Å². The maximum atomic E-state index is 12.2. The number of hydrogen-bond donors (Lipinski definition) is 2. The van der Waals surface area contributed by atoms with Crippen molar-refractivity contribution in [3.63, 3.8) is 0 Å². The zero-order chi connectivity index (χ0) is 12.8. The molecule has 1 unspecified atom stereocenters. The van der Waals surface area contributed by atoms with E-state index in [4.69, 9.17) is 5.11 Å². The van der Waals surface area contributed by atoms with Gasteiger partial charge in [-0.1, -0.05) is 18.2 Å². The topological polar surface area (TPSA) is 60.8 Å². The van der Waals surface area contributed by atoms with E-state index in [0.29, 0.717) is 5.56 Å². The molecule has 0 aromatic heterocycles. The van der Waals surface area contributed by atoms with E-state index in [1.807, 2.05) is 19.1 Å². The van der Waals surface area contributed by atoms with Crippen LogP contribution in [0.15, 0.2) is 24.3 Å². The van der Waals surface area contributed by atoms with Crippen molar-refractivity contribution < 1.29 is 15.0 Å². The van der Waals surface area contributed by atoms with Crippen LogP contribution in [-0.2, 0) is 0 Å². The van der Waals surface area contributed by atoms with Crippen molar-refractivity contribution in [3.05, 3.63) is 35.4 Å². The van der Waals surface area contributed by atoms with E-state index in [-0.39, 0.29) is 25.6 Å². The standard InChI is InChI=1S/C13H19NO3/c1-10-5-3-4-6-12(10)13(17)14(7-8-15)9-11(2)16/h3-6,11,15-16H,7-9H2,1-2H3. The summed E-state index contributed by atoms with van der Waals surface area (Å²) in [6, 6.07) is 7.30. The molecule has 17 heavy (non-hydrogen) atoms. The lowest BCUT2D eigenvalue weighted by Gasteiger charge is -2.23. The van der Waals surface area contributed by atoms with Crippen LogP contribution in [-0.4, -0.2) is 46.8 Å². The molecule has 1 aromatic rings. The highest BCUT2D eigenvalue weighted by Gasteiger charge is 2.18. The molecule has 1 atom stereocenters. The van der Waals surface area contributed by atoms with Crippen LogP contribution >= 0.6 is 0 Å². The minimum atomic E-state index is -0.602. The van der Waals surface area contributed by atoms with Crippen LogP contribution in [0.2, 0.25) is 0 Å². The zero-order valence-corrected chi connectivity index (χ0v) is 10.3. The largest absolute Gasteiger partial charge is 0.395 e. The van der Waals surface area contributed by atoms with Crippen molar-refractivity contribution >= 4 is 5.91 Å². The number of amides is 1. The fourth-order valence-corrected chi connectivity index (χ4v) is 1.70. The molecule has 2 N–H and O–H groups in total. The Kier molecular flexibility index (Phi) is 5.12. The second-order valence-electron chi connectivity index (χ2n) is 4.14. The summed E-state index contributed by atoms with van der Waals surface area (Å²) in [5, 5.41) is 18.3. The molecule has 94 valence electrons. The Labute approximate surface area is 101 Å². The molecule has 0 saturated heterocycles. The zero-order valence-electron chi connectivity index (χ0n) is 10.3. The van der Waals surface area contributed by atoms with Crippen molar-refractivity contribution in [2.75, 3.05) is 19.7 Å². The molecule has 1 rings (SSSR count). The number of aryl methyl sites for hydroxylation is 1. The Hall–Kier alpha value is -1.39. The molecule has 0 aliphatic heterocycles. The molecular formula is C13H19NO3. The van der Waals surface area contributed by atoms with E-state index >= 15 is 0 Å². The molecule has 4 heteroatoms. The number of carbonyl (C=O) groups is 1. The molecule has 0 aliphatic carbocycles. The monoisotopic (exact) mass is 237 g/mol. The number of benzene rings is 1. The second kappa shape index (κ2) is 6.37. The van der Waals surface area contributed by atoms with Crippen LogP contribution in [0, 0.1) is 6.92 Å². The van der Waals surface area contributed by atoms with E-state index in [9.17, 15) is 9.90 Å². The van der Waals surface area contributed by atoms with Crippen LogP contribution in [0.4, 0.5) is 0 Å². The van der Waals surface area contributed by atoms with Gasteiger partial charge in [0, 0.05) is 18.7 Å². The third-order valence-corrected chi connectivity index (χ3v) is 2.52. The van der Waals surface area contributed by atoms with Crippen LogP contribution in [0.25, 0.3) is 0 Å². The van der Waals surface area contributed by atoms with Crippen molar-refractivity contribution in [1.29, 1.82) is 0 Å². The van der Waals surface area contributed by atoms with Gasteiger partial charge in [-0.05, 0) is 25.5 Å². The molecule has 0 spiro atoms. The fraction of sp³-hybridized carbons (Fsp3) is 0.462. The minimum absolute atomic E-state index is 0.107. The number of carbonyl (C=O) groups excluding carboxylic acids is 1. The maximum Gasteiger partial charge on any atom is 0.254 e. The Morgan fingerprint density at radius 3 is 2.59 bits per heavy atom. The van der Waals surface area contributed by atoms with E-state index in [1.54, 1.807) is 19.1 Å². The second-order valence-corrected chi connectivity index (χ2v) is 4.14. The normalized spacial score (nSPS) is 12.2. The first-order valence-corrected chi connectivity index (χ1v) is 5.70. The lowest BCUT2D eigenvalue weighted by molar-refractivity contribution is 0.0604. The number of nitrogens with zero attached hydrogens (tertiary/aromatic N) is 1. The molecule has 0 bridgehead atoms. The summed E-state index contributed by atoms with van der Waals surface area (Å²) >= 11 is 0. The van der Waals surface area contributed by atoms with Gasteiger partial charge in [0.05, 0.1) is 12.7 Å². The van der Waals surface area contributed by atoms with E-state index in [0.717, 1.165) is 5.56 Å². The van der Waals surface area contributed by atoms with Crippen molar-refractivity contribution in [2.45, 2.75) is 20.0 Å². The summed E-state index contributed by atoms with van der Waals surface area (Å²) in [5.74, 6) is -0.155. The number of hydrogen-bond acceptors (Lipinski definition) is 3. The quantitative estimate of drug-likeness (QED) is 0.796.